The molecule has 0 fully saturated rings. The van der Waals surface area contributed by atoms with Gasteiger partial charge in [-0.3, -0.25) is 0 Å². The molecule has 1 aromatic heterocycles. The Morgan fingerprint density at radius 1 is 0.662 bits per heavy atom. The molecule has 314 valence electrons. The van der Waals surface area contributed by atoms with Crippen molar-refractivity contribution in [1.29, 1.82) is 0 Å². The van der Waals surface area contributed by atoms with Crippen molar-refractivity contribution in [3.8, 4) is 16.8 Å². The summed E-state index contributed by atoms with van der Waals surface area (Å²) in [6.07, 6.45) is 13.6. The van der Waals surface area contributed by atoms with E-state index in [9.17, 15) is 0 Å². The highest BCUT2D eigenvalue weighted by Crippen LogP contribution is 2.51. The van der Waals surface area contributed by atoms with Gasteiger partial charge in [-0.15, -0.1) is 0 Å². The Morgan fingerprint density at radius 2 is 1.35 bits per heavy atom. The van der Waals surface area contributed by atoms with Gasteiger partial charge in [0.2, 0.25) is 0 Å². The molecule has 65 heavy (non-hydrogen) atoms. The Morgan fingerprint density at radius 3 is 2.18 bits per heavy atom. The highest BCUT2D eigenvalue weighted by atomic mass is 15.2. The molecular weight excluding hydrogens is 787 g/mol. The monoisotopic (exact) mass is 837 g/mol. The summed E-state index contributed by atoms with van der Waals surface area (Å²) in [5.74, 6) is 0. The molecule has 3 heteroatoms. The summed E-state index contributed by atoms with van der Waals surface area (Å²) in [5, 5.41) is 4.94. The number of anilines is 4. The van der Waals surface area contributed by atoms with E-state index in [0.717, 1.165) is 46.1 Å². The zero-order valence-electron chi connectivity index (χ0n) is 37.2. The lowest BCUT2D eigenvalue weighted by Crippen LogP contribution is -2.30. The van der Waals surface area contributed by atoms with Crippen LogP contribution in [-0.4, -0.2) is 10.6 Å². The lowest BCUT2D eigenvalue weighted by molar-refractivity contribution is 0.660. The number of benzene rings is 8. The molecule has 3 nitrogen and oxygen atoms in total. The number of aromatic nitrogens is 1. The number of hydrogen-bond donors (Lipinski definition) is 0. The van der Waals surface area contributed by atoms with Gasteiger partial charge in [0.1, 0.15) is 0 Å². The number of nitrogens with zero attached hydrogens (tertiary/aromatic N) is 3. The average Bonchev–Trinajstić information content (AvgIpc) is 3.78. The minimum Gasteiger partial charge on any atom is -0.335 e. The first-order valence-corrected chi connectivity index (χ1v) is 22.7. The molecule has 2 heterocycles. The van der Waals surface area contributed by atoms with Gasteiger partial charge in [0, 0.05) is 55.7 Å². The van der Waals surface area contributed by atoms with Crippen LogP contribution in [0.1, 0.15) is 43.0 Å². The number of para-hydroxylation sites is 2. The molecule has 0 saturated heterocycles. The molecule has 0 bridgehead atoms. The van der Waals surface area contributed by atoms with Crippen LogP contribution in [0.4, 0.5) is 22.7 Å². The van der Waals surface area contributed by atoms with E-state index in [1.807, 2.05) is 12.2 Å². The van der Waals surface area contributed by atoms with Crippen LogP contribution in [0.2, 0.25) is 0 Å². The van der Waals surface area contributed by atoms with Crippen molar-refractivity contribution in [2.45, 2.75) is 38.6 Å². The molecular formula is C62H51N3. The fourth-order valence-corrected chi connectivity index (χ4v) is 10.6. The molecule has 1 aliphatic carbocycles. The van der Waals surface area contributed by atoms with Crippen molar-refractivity contribution in [3.63, 3.8) is 0 Å². The second-order valence-electron chi connectivity index (χ2n) is 17.9. The minimum absolute atomic E-state index is 0.00631. The van der Waals surface area contributed by atoms with E-state index in [2.05, 4.69) is 249 Å². The summed E-state index contributed by atoms with van der Waals surface area (Å²) in [4.78, 5) is 4.80. The summed E-state index contributed by atoms with van der Waals surface area (Å²) in [6, 6.07) is 64.7. The highest BCUT2D eigenvalue weighted by Gasteiger charge is 2.36. The van der Waals surface area contributed by atoms with E-state index in [-0.39, 0.29) is 11.5 Å². The van der Waals surface area contributed by atoms with Gasteiger partial charge in [0.05, 0.1) is 17.1 Å². The second-order valence-corrected chi connectivity index (χ2v) is 17.9. The topological polar surface area (TPSA) is 11.4 Å². The zero-order chi connectivity index (χ0) is 44.2. The first kappa shape index (κ1) is 39.9. The van der Waals surface area contributed by atoms with Gasteiger partial charge in [-0.05, 0) is 130 Å². The quantitative estimate of drug-likeness (QED) is 0.141. The number of rotatable bonds is 8. The Balaban J connectivity index is 1.05. The van der Waals surface area contributed by atoms with Gasteiger partial charge < -0.3 is 14.4 Å². The number of fused-ring (bicyclic) bond motifs is 6. The average molecular weight is 838 g/mol. The van der Waals surface area contributed by atoms with Crippen LogP contribution in [-0.2, 0) is 11.8 Å². The summed E-state index contributed by atoms with van der Waals surface area (Å²) in [5.41, 5.74) is 17.8. The van der Waals surface area contributed by atoms with Crippen molar-refractivity contribution >= 4 is 60.9 Å². The summed E-state index contributed by atoms with van der Waals surface area (Å²) in [7, 11) is 0. The molecule has 0 N–H and O–H groups in total. The first-order valence-electron chi connectivity index (χ1n) is 22.7. The Bertz CT molecular complexity index is 3430. The predicted octanol–water partition coefficient (Wildman–Crippen LogP) is 16.4. The van der Waals surface area contributed by atoms with Gasteiger partial charge >= 0.3 is 0 Å². The second kappa shape index (κ2) is 16.0. The predicted molar refractivity (Wildman–Crippen MR) is 278 cm³/mol. The van der Waals surface area contributed by atoms with E-state index in [1.165, 1.54) is 66.0 Å². The number of hydrogen-bond acceptors (Lipinski definition) is 2. The fourth-order valence-electron chi connectivity index (χ4n) is 10.6. The summed E-state index contributed by atoms with van der Waals surface area (Å²) >= 11 is 0. The van der Waals surface area contributed by atoms with Gasteiger partial charge in [0.25, 0.3) is 0 Å². The molecule has 0 radical (unpaired) electrons. The molecule has 0 amide bonds. The maximum atomic E-state index is 4.57. The molecule has 2 aliphatic rings. The lowest BCUT2D eigenvalue weighted by Gasteiger charge is -2.32. The Labute approximate surface area is 382 Å². The third-order valence-electron chi connectivity index (χ3n) is 13.6. The highest BCUT2D eigenvalue weighted by molar-refractivity contribution is 6.11. The van der Waals surface area contributed by atoms with Crippen molar-refractivity contribution in [3.05, 3.63) is 253 Å². The van der Waals surface area contributed by atoms with Crippen LogP contribution in [0.15, 0.2) is 231 Å². The number of allylic oxidation sites excluding steroid dienone is 6. The van der Waals surface area contributed by atoms with Crippen LogP contribution in [0, 0.1) is 0 Å². The van der Waals surface area contributed by atoms with Gasteiger partial charge in [-0.2, -0.15) is 0 Å². The van der Waals surface area contributed by atoms with Crippen LogP contribution in [0.3, 0.4) is 0 Å². The fraction of sp³-hybridized carbons (Fsp3) is 0.0968. The SMILES string of the molecule is C=C/C=C\C(=C)N1c2cccc3cccc(c23)C/C=C\C(c2ccc(N(c3ccc4c(c3)C(C)(C)c3ccccc3-4)c3ccc4c(c3)c3ccccc3n4-c3ccccc3)cc2)=C/C1C. The summed E-state index contributed by atoms with van der Waals surface area (Å²) in [6.45, 7) is 15.5. The third-order valence-corrected chi connectivity index (χ3v) is 13.6. The van der Waals surface area contributed by atoms with Gasteiger partial charge in [-0.1, -0.05) is 167 Å². The van der Waals surface area contributed by atoms with Crippen LogP contribution in [0.25, 0.3) is 55.0 Å². The molecule has 1 atom stereocenters. The smallest absolute Gasteiger partial charge is 0.0542 e. The van der Waals surface area contributed by atoms with E-state index in [1.54, 1.807) is 0 Å². The van der Waals surface area contributed by atoms with Gasteiger partial charge in [0.15, 0.2) is 0 Å². The molecule has 1 aliphatic heterocycles. The van der Waals surface area contributed by atoms with E-state index < -0.39 is 0 Å². The van der Waals surface area contributed by atoms with Crippen molar-refractivity contribution in [1.82, 2.24) is 4.57 Å². The van der Waals surface area contributed by atoms with Crippen LogP contribution < -0.4 is 9.80 Å². The van der Waals surface area contributed by atoms with Crippen molar-refractivity contribution < 1.29 is 0 Å². The normalized spacial score (nSPS) is 16.6. The van der Waals surface area contributed by atoms with Crippen molar-refractivity contribution in [2.24, 2.45) is 0 Å². The Hall–Kier alpha value is -7.88. The molecule has 11 rings (SSSR count). The van der Waals surface area contributed by atoms with Crippen LogP contribution in [0.5, 0.6) is 0 Å². The zero-order valence-corrected chi connectivity index (χ0v) is 37.2. The van der Waals surface area contributed by atoms with Crippen LogP contribution >= 0.6 is 0 Å². The largest absolute Gasteiger partial charge is 0.335 e. The molecule has 0 spiro atoms. The molecule has 1 unspecified atom stereocenters. The van der Waals surface area contributed by atoms with Crippen molar-refractivity contribution in [2.75, 3.05) is 9.80 Å². The van der Waals surface area contributed by atoms with E-state index in [0.29, 0.717) is 0 Å². The molecule has 9 aromatic rings. The lowest BCUT2D eigenvalue weighted by atomic mass is 9.82. The van der Waals surface area contributed by atoms with E-state index >= 15 is 0 Å². The maximum absolute atomic E-state index is 4.57. The van der Waals surface area contributed by atoms with E-state index in [4.69, 9.17) is 0 Å². The summed E-state index contributed by atoms with van der Waals surface area (Å²) < 4.78 is 2.38. The first-order chi connectivity index (χ1) is 31.8. The minimum atomic E-state index is -0.136. The van der Waals surface area contributed by atoms with Gasteiger partial charge in [-0.25, -0.2) is 0 Å². The maximum Gasteiger partial charge on any atom is 0.0542 e. The third kappa shape index (κ3) is 6.74. The molecule has 0 saturated carbocycles. The standard InChI is InChI=1S/C62H51N3/c1-6-7-18-42(2)63-43(3)39-47(23-16-21-45-19-15-20-46-22-17-30-60(63)61(45)46)44-31-33-49(34-32-44)64(51-35-37-53-52-26-11-13-28-56(52)62(4,5)57(53)41-51)50-36-38-59-55(40-50)54-27-12-14-29-58(54)65(59)48-24-9-8-10-25-48/h6-20,22-41,43H,1-2,21H2,3-5H3/b18-7-,23-16-,47-39+. The Kier molecular flexibility index (Phi) is 9.85. The molecule has 8 aromatic carbocycles.